The summed E-state index contributed by atoms with van der Waals surface area (Å²) < 4.78 is 39.2. The molecular weight excluding hydrogens is 424 g/mol. The average molecular weight is 439 g/mol. The van der Waals surface area contributed by atoms with Crippen LogP contribution >= 0.6 is 34.5 Å². The molecule has 2 aromatic rings. The van der Waals surface area contributed by atoms with Gasteiger partial charge in [-0.3, -0.25) is 9.69 Å². The molecule has 146 valence electrons. The maximum absolute atomic E-state index is 12.9. The molecule has 0 atom stereocenters. The van der Waals surface area contributed by atoms with E-state index in [1.165, 1.54) is 17.4 Å². The van der Waals surface area contributed by atoms with Gasteiger partial charge in [-0.1, -0.05) is 23.2 Å². The zero-order valence-corrected chi connectivity index (χ0v) is 16.2. The van der Waals surface area contributed by atoms with Gasteiger partial charge in [0.25, 0.3) is 0 Å². The molecule has 1 aliphatic heterocycles. The molecule has 1 N–H and O–H groups in total. The van der Waals surface area contributed by atoms with Crippen LogP contribution in [0.25, 0.3) is 0 Å². The second-order valence-electron chi connectivity index (χ2n) is 5.96. The average Bonchev–Trinajstić information content (AvgIpc) is 3.03. The molecule has 0 saturated carbocycles. The van der Waals surface area contributed by atoms with Gasteiger partial charge in [0, 0.05) is 37.2 Å². The first-order valence-corrected chi connectivity index (χ1v) is 9.61. The van der Waals surface area contributed by atoms with E-state index in [1.54, 1.807) is 0 Å². The summed E-state index contributed by atoms with van der Waals surface area (Å²) in [6, 6.07) is 3.31. The molecule has 5 nitrogen and oxygen atoms in total. The van der Waals surface area contributed by atoms with Gasteiger partial charge in [-0.25, -0.2) is 4.98 Å². The normalized spacial score (nSPS) is 15.8. The largest absolute Gasteiger partial charge is 0.417 e. The number of carbonyl (C=O) groups is 1. The van der Waals surface area contributed by atoms with Crippen LogP contribution in [0.1, 0.15) is 5.56 Å². The van der Waals surface area contributed by atoms with Gasteiger partial charge in [0.1, 0.15) is 5.82 Å². The molecule has 1 aromatic heterocycles. The van der Waals surface area contributed by atoms with Crippen LogP contribution in [0.4, 0.5) is 24.7 Å². The summed E-state index contributed by atoms with van der Waals surface area (Å²) in [5.41, 5.74) is -0.912. The fourth-order valence-electron chi connectivity index (χ4n) is 2.75. The van der Waals surface area contributed by atoms with Crippen molar-refractivity contribution in [2.24, 2.45) is 0 Å². The first kappa shape index (κ1) is 20.2. The molecule has 27 heavy (non-hydrogen) atoms. The SMILES string of the molecule is O=C(CN1CCN(c2csc(Cl)n2)CC1)Nc1ccc(Cl)c(C(F)(F)F)c1. The number of alkyl halides is 3. The number of aromatic nitrogens is 1. The number of anilines is 2. The lowest BCUT2D eigenvalue weighted by Gasteiger charge is -2.34. The summed E-state index contributed by atoms with van der Waals surface area (Å²) in [6.45, 7) is 2.74. The number of thiazole rings is 1. The third-order valence-electron chi connectivity index (χ3n) is 4.08. The molecule has 2 heterocycles. The van der Waals surface area contributed by atoms with Crippen molar-refractivity contribution in [1.29, 1.82) is 0 Å². The third-order valence-corrected chi connectivity index (χ3v) is 5.38. The zero-order chi connectivity index (χ0) is 19.6. The standard InChI is InChI=1S/C16H15Cl2F3N4OS/c17-12-2-1-10(7-11(12)16(19,20)21)22-14(26)8-24-3-5-25(6-4-24)13-9-27-15(18)23-13/h1-2,7,9H,3-6,8H2,(H,22,26). The van der Waals surface area contributed by atoms with E-state index in [2.05, 4.69) is 15.2 Å². The lowest BCUT2D eigenvalue weighted by Crippen LogP contribution is -2.48. The molecule has 1 aromatic carbocycles. The van der Waals surface area contributed by atoms with Crippen LogP contribution in [0.3, 0.4) is 0 Å². The summed E-state index contributed by atoms with van der Waals surface area (Å²) in [4.78, 5) is 20.4. The van der Waals surface area contributed by atoms with E-state index < -0.39 is 16.8 Å². The van der Waals surface area contributed by atoms with Crippen molar-refractivity contribution in [3.8, 4) is 0 Å². The fraction of sp³-hybridized carbons (Fsp3) is 0.375. The molecule has 0 bridgehead atoms. The number of nitrogens with one attached hydrogen (secondary N) is 1. The zero-order valence-electron chi connectivity index (χ0n) is 13.9. The van der Waals surface area contributed by atoms with Crippen LogP contribution in [0, 0.1) is 0 Å². The first-order chi connectivity index (χ1) is 12.7. The van der Waals surface area contributed by atoms with Crippen molar-refractivity contribution < 1.29 is 18.0 Å². The highest BCUT2D eigenvalue weighted by Gasteiger charge is 2.33. The number of nitrogens with zero attached hydrogens (tertiary/aromatic N) is 3. The van der Waals surface area contributed by atoms with Gasteiger partial charge in [-0.2, -0.15) is 13.2 Å². The van der Waals surface area contributed by atoms with Crippen molar-refractivity contribution in [3.05, 3.63) is 38.6 Å². The lowest BCUT2D eigenvalue weighted by molar-refractivity contribution is -0.137. The smallest absolute Gasteiger partial charge is 0.353 e. The van der Waals surface area contributed by atoms with Gasteiger partial charge in [0.05, 0.1) is 17.1 Å². The van der Waals surface area contributed by atoms with E-state index in [4.69, 9.17) is 23.2 Å². The molecule has 1 saturated heterocycles. The Hall–Kier alpha value is -1.55. The maximum atomic E-state index is 12.9. The van der Waals surface area contributed by atoms with E-state index in [0.29, 0.717) is 30.6 Å². The molecule has 0 aliphatic carbocycles. The topological polar surface area (TPSA) is 48.5 Å². The van der Waals surface area contributed by atoms with Gasteiger partial charge in [0.15, 0.2) is 4.47 Å². The molecule has 11 heteroatoms. The van der Waals surface area contributed by atoms with Crippen molar-refractivity contribution in [1.82, 2.24) is 9.88 Å². The van der Waals surface area contributed by atoms with Crippen LogP contribution in [-0.2, 0) is 11.0 Å². The minimum absolute atomic E-state index is 0.0625. The van der Waals surface area contributed by atoms with E-state index in [0.717, 1.165) is 18.0 Å². The van der Waals surface area contributed by atoms with Crippen LogP contribution < -0.4 is 10.2 Å². The lowest BCUT2D eigenvalue weighted by atomic mass is 10.2. The Balaban J connectivity index is 1.53. The van der Waals surface area contributed by atoms with E-state index in [1.807, 2.05) is 10.3 Å². The van der Waals surface area contributed by atoms with Crippen molar-refractivity contribution in [2.45, 2.75) is 6.18 Å². The number of amides is 1. The van der Waals surface area contributed by atoms with Crippen molar-refractivity contribution >= 4 is 52.0 Å². The number of halogens is 5. The number of hydrogen-bond acceptors (Lipinski definition) is 5. The molecule has 0 spiro atoms. The van der Waals surface area contributed by atoms with Crippen LogP contribution in [0.15, 0.2) is 23.6 Å². The molecule has 0 unspecified atom stereocenters. The Morgan fingerprint density at radius 1 is 1.22 bits per heavy atom. The maximum Gasteiger partial charge on any atom is 0.417 e. The number of hydrogen-bond donors (Lipinski definition) is 1. The number of carbonyl (C=O) groups excluding carboxylic acids is 1. The summed E-state index contributed by atoms with van der Waals surface area (Å²) in [5.74, 6) is 0.436. The van der Waals surface area contributed by atoms with Gasteiger partial charge in [-0.15, -0.1) is 11.3 Å². The fourth-order valence-corrected chi connectivity index (χ4v) is 3.74. The molecule has 0 radical (unpaired) electrons. The van der Waals surface area contributed by atoms with Gasteiger partial charge < -0.3 is 10.2 Å². The molecule has 3 rings (SSSR count). The number of piperazine rings is 1. The highest BCUT2D eigenvalue weighted by molar-refractivity contribution is 7.14. The van der Waals surface area contributed by atoms with Crippen molar-refractivity contribution in [2.75, 3.05) is 42.9 Å². The monoisotopic (exact) mass is 438 g/mol. The Bertz CT molecular complexity index is 822. The second kappa shape index (κ2) is 8.22. The second-order valence-corrected chi connectivity index (χ2v) is 7.81. The van der Waals surface area contributed by atoms with E-state index in [-0.39, 0.29) is 18.1 Å². The summed E-state index contributed by atoms with van der Waals surface area (Å²) in [5, 5.41) is 3.97. The Morgan fingerprint density at radius 2 is 1.93 bits per heavy atom. The predicted octanol–water partition coefficient (Wildman–Crippen LogP) is 4.23. The van der Waals surface area contributed by atoms with E-state index >= 15 is 0 Å². The molecule has 1 aliphatic rings. The number of benzene rings is 1. The minimum atomic E-state index is -4.58. The highest BCUT2D eigenvalue weighted by Crippen LogP contribution is 2.36. The van der Waals surface area contributed by atoms with E-state index in [9.17, 15) is 18.0 Å². The minimum Gasteiger partial charge on any atom is -0.353 e. The van der Waals surface area contributed by atoms with Gasteiger partial charge >= 0.3 is 6.18 Å². The van der Waals surface area contributed by atoms with Crippen molar-refractivity contribution in [3.63, 3.8) is 0 Å². The Morgan fingerprint density at radius 3 is 2.52 bits per heavy atom. The predicted molar refractivity (Wildman–Crippen MR) is 101 cm³/mol. The Labute approximate surface area is 167 Å². The molecular formula is C16H15Cl2F3N4OS. The quantitative estimate of drug-likeness (QED) is 0.775. The summed E-state index contributed by atoms with van der Waals surface area (Å²) >= 11 is 12.8. The summed E-state index contributed by atoms with van der Waals surface area (Å²) in [6.07, 6.45) is -4.58. The molecule has 1 fully saturated rings. The number of rotatable bonds is 4. The Kier molecular flexibility index (Phi) is 6.15. The highest BCUT2D eigenvalue weighted by atomic mass is 35.5. The van der Waals surface area contributed by atoms with Gasteiger partial charge in [0.2, 0.25) is 5.91 Å². The third kappa shape index (κ3) is 5.25. The van der Waals surface area contributed by atoms with Crippen LogP contribution in [-0.4, -0.2) is 48.5 Å². The summed E-state index contributed by atoms with van der Waals surface area (Å²) in [7, 11) is 0. The van der Waals surface area contributed by atoms with Crippen LogP contribution in [0.5, 0.6) is 0 Å². The van der Waals surface area contributed by atoms with Crippen LogP contribution in [0.2, 0.25) is 9.49 Å². The first-order valence-electron chi connectivity index (χ1n) is 7.97. The molecule has 1 amide bonds. The van der Waals surface area contributed by atoms with Gasteiger partial charge in [-0.05, 0) is 18.2 Å².